The molecule has 1 amide bonds. The third kappa shape index (κ3) is 3.28. The molecule has 7 nitrogen and oxygen atoms in total. The number of hydrogen-bond donors (Lipinski definition) is 1. The van der Waals surface area contributed by atoms with Crippen molar-refractivity contribution in [2.24, 2.45) is 0 Å². The highest BCUT2D eigenvalue weighted by atomic mass is 16.4. The van der Waals surface area contributed by atoms with E-state index in [1.54, 1.807) is 30.3 Å². The molecule has 0 spiro atoms. The largest absolute Gasteiger partial charge is 0.461 e. The summed E-state index contributed by atoms with van der Waals surface area (Å²) in [5.74, 6) is 0.456. The van der Waals surface area contributed by atoms with Gasteiger partial charge < -0.3 is 18.6 Å². The molecule has 0 saturated carbocycles. The van der Waals surface area contributed by atoms with Crippen LogP contribution in [0.5, 0.6) is 0 Å². The van der Waals surface area contributed by atoms with Gasteiger partial charge in [0.1, 0.15) is 22.5 Å². The average Bonchev–Trinajstić information content (AvgIpc) is 3.03. The van der Waals surface area contributed by atoms with Crippen molar-refractivity contribution in [2.75, 3.05) is 5.32 Å². The molecule has 3 aromatic heterocycles. The molecule has 0 aliphatic carbocycles. The zero-order chi connectivity index (χ0) is 22.6. The topological polar surface area (TPSA) is 103 Å². The monoisotopic (exact) mass is 429 g/mol. The highest BCUT2D eigenvalue weighted by molar-refractivity contribution is 5.98. The maximum atomic E-state index is 12.7. The molecule has 0 atom stereocenters. The van der Waals surface area contributed by atoms with E-state index in [1.165, 1.54) is 6.07 Å². The fourth-order valence-electron chi connectivity index (χ4n) is 3.94. The Morgan fingerprint density at radius 2 is 1.56 bits per heavy atom. The number of aryl methyl sites for hydroxylation is 3. The summed E-state index contributed by atoms with van der Waals surface area (Å²) in [5, 5.41) is 5.18. The maximum Gasteiger partial charge on any atom is 0.340 e. The number of fused-ring (bicyclic) bond motifs is 3. The zero-order valence-corrected chi connectivity index (χ0v) is 17.7. The third-order valence-electron chi connectivity index (χ3n) is 5.82. The standard InChI is InChI=1S/C25H19NO6/c1-12-14(3)30-21-11-22-18(9-17(12)21)13(2)19(25(29)32-22)10-23(27)26-16-5-6-20-15(8-16)4-7-24(28)31-20/h4-9,11H,10H2,1-3H3,(H,26,27). The number of rotatable bonds is 3. The number of furan rings is 1. The van der Waals surface area contributed by atoms with Crippen LogP contribution in [0.25, 0.3) is 32.9 Å². The van der Waals surface area contributed by atoms with Gasteiger partial charge in [0.05, 0.1) is 12.0 Å². The van der Waals surface area contributed by atoms with Crippen LogP contribution < -0.4 is 16.6 Å². The van der Waals surface area contributed by atoms with E-state index in [0.717, 1.165) is 22.1 Å². The molecule has 0 fully saturated rings. The molecule has 0 bridgehead atoms. The van der Waals surface area contributed by atoms with Gasteiger partial charge in [-0.3, -0.25) is 4.79 Å². The Morgan fingerprint density at radius 1 is 0.812 bits per heavy atom. The van der Waals surface area contributed by atoms with Crippen molar-refractivity contribution in [1.29, 1.82) is 0 Å². The lowest BCUT2D eigenvalue weighted by atomic mass is 10.0. The first-order valence-corrected chi connectivity index (χ1v) is 10.1. The fraction of sp³-hybridized carbons (Fsp3) is 0.160. The summed E-state index contributed by atoms with van der Waals surface area (Å²) < 4.78 is 16.3. The second-order valence-electron chi connectivity index (χ2n) is 7.85. The molecular formula is C25H19NO6. The van der Waals surface area contributed by atoms with Crippen molar-refractivity contribution >= 4 is 44.5 Å². The summed E-state index contributed by atoms with van der Waals surface area (Å²) in [6.45, 7) is 5.68. The van der Waals surface area contributed by atoms with E-state index >= 15 is 0 Å². The molecule has 3 heterocycles. The smallest absolute Gasteiger partial charge is 0.340 e. The van der Waals surface area contributed by atoms with Crippen LogP contribution in [-0.2, 0) is 11.2 Å². The number of carbonyl (C=O) groups is 1. The SMILES string of the molecule is Cc1oc2cc3oc(=O)c(CC(=O)Nc4ccc5oc(=O)ccc5c4)c(C)c3cc2c1C. The minimum absolute atomic E-state index is 0.131. The zero-order valence-electron chi connectivity index (χ0n) is 17.7. The Balaban J connectivity index is 1.48. The van der Waals surface area contributed by atoms with E-state index < -0.39 is 11.3 Å². The minimum Gasteiger partial charge on any atom is -0.461 e. The van der Waals surface area contributed by atoms with Gasteiger partial charge in [-0.1, -0.05) is 0 Å². The lowest BCUT2D eigenvalue weighted by Gasteiger charge is -2.09. The van der Waals surface area contributed by atoms with E-state index in [-0.39, 0.29) is 12.3 Å². The van der Waals surface area contributed by atoms with Crippen LogP contribution in [0.4, 0.5) is 5.69 Å². The summed E-state index contributed by atoms with van der Waals surface area (Å²) in [5.41, 5.74) is 3.09. The van der Waals surface area contributed by atoms with E-state index in [0.29, 0.717) is 38.9 Å². The van der Waals surface area contributed by atoms with E-state index in [1.807, 2.05) is 26.8 Å². The lowest BCUT2D eigenvalue weighted by Crippen LogP contribution is -2.20. The van der Waals surface area contributed by atoms with E-state index in [9.17, 15) is 14.4 Å². The van der Waals surface area contributed by atoms with Crippen LogP contribution in [0.1, 0.15) is 22.5 Å². The average molecular weight is 429 g/mol. The van der Waals surface area contributed by atoms with Gasteiger partial charge in [0.2, 0.25) is 5.91 Å². The molecule has 1 N–H and O–H groups in total. The van der Waals surface area contributed by atoms with Gasteiger partial charge in [-0.15, -0.1) is 0 Å². The van der Waals surface area contributed by atoms with Crippen molar-refractivity contribution in [1.82, 2.24) is 0 Å². The van der Waals surface area contributed by atoms with Crippen LogP contribution in [0.15, 0.2) is 65.3 Å². The second kappa shape index (κ2) is 7.23. The van der Waals surface area contributed by atoms with Crippen molar-refractivity contribution < 1.29 is 18.0 Å². The van der Waals surface area contributed by atoms with Gasteiger partial charge in [0, 0.05) is 34.0 Å². The van der Waals surface area contributed by atoms with Gasteiger partial charge in [-0.2, -0.15) is 0 Å². The van der Waals surface area contributed by atoms with Crippen LogP contribution in [0.2, 0.25) is 0 Å². The number of amides is 1. The van der Waals surface area contributed by atoms with Crippen molar-refractivity contribution in [2.45, 2.75) is 27.2 Å². The van der Waals surface area contributed by atoms with E-state index in [4.69, 9.17) is 13.3 Å². The fourth-order valence-corrected chi connectivity index (χ4v) is 3.94. The molecule has 32 heavy (non-hydrogen) atoms. The second-order valence-corrected chi connectivity index (χ2v) is 7.85. The van der Waals surface area contributed by atoms with Gasteiger partial charge in [0.15, 0.2) is 0 Å². The Morgan fingerprint density at radius 3 is 2.38 bits per heavy atom. The molecule has 5 rings (SSSR count). The summed E-state index contributed by atoms with van der Waals surface area (Å²) >= 11 is 0. The first kappa shape index (κ1) is 19.8. The Kier molecular flexibility index (Phi) is 4.48. The molecule has 0 saturated heterocycles. The number of hydrogen-bond acceptors (Lipinski definition) is 6. The molecular weight excluding hydrogens is 410 g/mol. The quantitative estimate of drug-likeness (QED) is 0.415. The third-order valence-corrected chi connectivity index (χ3v) is 5.82. The molecule has 160 valence electrons. The number of anilines is 1. The number of nitrogens with one attached hydrogen (secondary N) is 1. The summed E-state index contributed by atoms with van der Waals surface area (Å²) in [6.07, 6.45) is -0.131. The normalized spacial score (nSPS) is 11.5. The molecule has 0 aliphatic heterocycles. The van der Waals surface area contributed by atoms with Crippen LogP contribution in [-0.4, -0.2) is 5.91 Å². The molecule has 0 radical (unpaired) electrons. The van der Waals surface area contributed by atoms with Crippen molar-refractivity contribution in [3.8, 4) is 0 Å². The van der Waals surface area contributed by atoms with Crippen LogP contribution >= 0.6 is 0 Å². The summed E-state index contributed by atoms with van der Waals surface area (Å²) in [6, 6.07) is 11.6. The predicted molar refractivity (Wildman–Crippen MR) is 121 cm³/mol. The molecule has 2 aromatic carbocycles. The lowest BCUT2D eigenvalue weighted by molar-refractivity contribution is -0.115. The molecule has 0 unspecified atom stereocenters. The van der Waals surface area contributed by atoms with Gasteiger partial charge in [-0.25, -0.2) is 9.59 Å². The molecule has 0 aliphatic rings. The Bertz CT molecular complexity index is 1670. The van der Waals surface area contributed by atoms with Crippen molar-refractivity contribution in [3.63, 3.8) is 0 Å². The number of benzene rings is 2. The Labute approximate surface area is 181 Å². The molecule has 5 aromatic rings. The first-order valence-electron chi connectivity index (χ1n) is 10.1. The van der Waals surface area contributed by atoms with Crippen LogP contribution in [0.3, 0.4) is 0 Å². The number of carbonyl (C=O) groups excluding carboxylic acids is 1. The minimum atomic E-state index is -0.551. The van der Waals surface area contributed by atoms with Gasteiger partial charge in [-0.05, 0) is 62.2 Å². The molecule has 7 heteroatoms. The predicted octanol–water partition coefficient (Wildman–Crippen LogP) is 4.75. The van der Waals surface area contributed by atoms with Crippen LogP contribution in [0, 0.1) is 20.8 Å². The van der Waals surface area contributed by atoms with E-state index in [2.05, 4.69) is 5.32 Å². The summed E-state index contributed by atoms with van der Waals surface area (Å²) in [7, 11) is 0. The maximum absolute atomic E-state index is 12.7. The van der Waals surface area contributed by atoms with Gasteiger partial charge >= 0.3 is 11.3 Å². The highest BCUT2D eigenvalue weighted by Crippen LogP contribution is 2.31. The van der Waals surface area contributed by atoms with Gasteiger partial charge in [0.25, 0.3) is 0 Å². The Hall–Kier alpha value is -4.13. The highest BCUT2D eigenvalue weighted by Gasteiger charge is 2.18. The van der Waals surface area contributed by atoms with Crippen molar-refractivity contribution in [3.05, 3.63) is 85.8 Å². The first-order chi connectivity index (χ1) is 15.3. The summed E-state index contributed by atoms with van der Waals surface area (Å²) in [4.78, 5) is 36.7.